The third-order valence-electron chi connectivity index (χ3n) is 3.80. The molecule has 1 unspecified atom stereocenters. The van der Waals surface area contributed by atoms with Crippen LogP contribution in [0.25, 0.3) is 0 Å². The second-order valence-corrected chi connectivity index (χ2v) is 9.31. The molecule has 2 rings (SSSR count). The van der Waals surface area contributed by atoms with E-state index in [0.717, 1.165) is 6.26 Å². The van der Waals surface area contributed by atoms with E-state index in [-0.39, 0.29) is 31.5 Å². The molecule has 1 saturated heterocycles. The van der Waals surface area contributed by atoms with Crippen molar-refractivity contribution in [2.45, 2.75) is 25.5 Å². The van der Waals surface area contributed by atoms with E-state index in [2.05, 4.69) is 10.6 Å². The number of hydrogen-bond donors (Lipinski definition) is 2. The summed E-state index contributed by atoms with van der Waals surface area (Å²) in [4.78, 5) is 25.0. The molecular formula is C15H23N3O5S2. The molecule has 0 spiro atoms. The molecule has 25 heavy (non-hydrogen) atoms. The van der Waals surface area contributed by atoms with Crippen LogP contribution in [0.1, 0.15) is 23.5 Å². The summed E-state index contributed by atoms with van der Waals surface area (Å²) in [6.07, 6.45) is 0.730. The first kappa shape index (κ1) is 19.8. The Kier molecular flexibility index (Phi) is 6.20. The van der Waals surface area contributed by atoms with Crippen LogP contribution in [0.5, 0.6) is 0 Å². The predicted octanol–water partition coefficient (Wildman–Crippen LogP) is 0.0331. The molecule has 0 radical (unpaired) electrons. The number of amides is 2. The van der Waals surface area contributed by atoms with Crippen LogP contribution in [-0.4, -0.2) is 68.7 Å². The van der Waals surface area contributed by atoms with Gasteiger partial charge in [0.2, 0.25) is 15.9 Å². The predicted molar refractivity (Wildman–Crippen MR) is 95.0 cm³/mol. The maximum atomic E-state index is 12.4. The Labute approximate surface area is 151 Å². The second-order valence-electron chi connectivity index (χ2n) is 6.38. The van der Waals surface area contributed by atoms with E-state index in [0.29, 0.717) is 11.4 Å². The molecule has 0 bridgehead atoms. The van der Waals surface area contributed by atoms with Gasteiger partial charge < -0.3 is 15.4 Å². The minimum absolute atomic E-state index is 0.170. The van der Waals surface area contributed by atoms with E-state index in [1.54, 1.807) is 31.4 Å². The Hall–Kier alpha value is -1.49. The number of rotatable bonds is 6. The van der Waals surface area contributed by atoms with E-state index in [1.807, 2.05) is 0 Å². The van der Waals surface area contributed by atoms with Gasteiger partial charge in [-0.25, -0.2) is 8.42 Å². The molecule has 2 N–H and O–H groups in total. The highest BCUT2D eigenvalue weighted by Gasteiger charge is 2.32. The monoisotopic (exact) mass is 389 g/mol. The molecule has 1 aromatic rings. The van der Waals surface area contributed by atoms with E-state index >= 15 is 0 Å². The molecule has 1 aliphatic heterocycles. The zero-order valence-electron chi connectivity index (χ0n) is 14.4. The van der Waals surface area contributed by atoms with Crippen molar-refractivity contribution in [1.82, 2.24) is 14.9 Å². The molecule has 10 heteroatoms. The number of sulfonamides is 1. The Morgan fingerprint density at radius 2 is 2.16 bits per heavy atom. The van der Waals surface area contributed by atoms with E-state index in [4.69, 9.17) is 4.74 Å². The molecule has 0 aromatic carbocycles. The number of carbonyl (C=O) groups excluding carboxylic acids is 2. The Morgan fingerprint density at radius 1 is 1.44 bits per heavy atom. The molecule has 0 aliphatic carbocycles. The van der Waals surface area contributed by atoms with Gasteiger partial charge in [0.05, 0.1) is 23.8 Å². The van der Waals surface area contributed by atoms with Crippen LogP contribution in [0.2, 0.25) is 0 Å². The standard InChI is InChI=1S/C15H23N3O5S2/c1-15(2,17-13(19)12-5-4-8-24-12)14(20)16-9-11-10-18(6-7-23-11)25(3,21)22/h4-5,8,11H,6-7,9-10H2,1-3H3,(H,16,20)(H,17,19). The van der Waals surface area contributed by atoms with Crippen molar-refractivity contribution in [3.63, 3.8) is 0 Å². The minimum atomic E-state index is -3.28. The summed E-state index contributed by atoms with van der Waals surface area (Å²) in [6.45, 7) is 4.18. The van der Waals surface area contributed by atoms with Crippen LogP contribution in [0.15, 0.2) is 17.5 Å². The molecule has 140 valence electrons. The normalized spacial score (nSPS) is 19.4. The number of hydrogen-bond acceptors (Lipinski definition) is 6. The second kappa shape index (κ2) is 7.81. The Balaban J connectivity index is 1.87. The molecule has 1 fully saturated rings. The van der Waals surface area contributed by atoms with E-state index < -0.39 is 21.7 Å². The van der Waals surface area contributed by atoms with Crippen LogP contribution in [0, 0.1) is 0 Å². The lowest BCUT2D eigenvalue weighted by Crippen LogP contribution is -2.57. The van der Waals surface area contributed by atoms with Crippen LogP contribution >= 0.6 is 11.3 Å². The zero-order chi connectivity index (χ0) is 18.7. The third kappa shape index (κ3) is 5.50. The Morgan fingerprint density at radius 3 is 2.76 bits per heavy atom. The highest BCUT2D eigenvalue weighted by atomic mass is 32.2. The maximum absolute atomic E-state index is 12.4. The first-order valence-electron chi connectivity index (χ1n) is 7.80. The van der Waals surface area contributed by atoms with Crippen molar-refractivity contribution in [3.8, 4) is 0 Å². The lowest BCUT2D eigenvalue weighted by atomic mass is 10.0. The molecule has 1 aliphatic rings. The first-order chi connectivity index (χ1) is 11.6. The van der Waals surface area contributed by atoms with E-state index in [9.17, 15) is 18.0 Å². The average Bonchev–Trinajstić information content (AvgIpc) is 3.06. The highest BCUT2D eigenvalue weighted by Crippen LogP contribution is 2.12. The highest BCUT2D eigenvalue weighted by molar-refractivity contribution is 7.88. The third-order valence-corrected chi connectivity index (χ3v) is 5.94. The van der Waals surface area contributed by atoms with Gasteiger partial charge in [-0.2, -0.15) is 4.31 Å². The van der Waals surface area contributed by atoms with Gasteiger partial charge in [0.25, 0.3) is 5.91 Å². The summed E-state index contributed by atoms with van der Waals surface area (Å²) in [7, 11) is -3.28. The van der Waals surface area contributed by atoms with E-state index in [1.165, 1.54) is 15.6 Å². The Bertz CT molecular complexity index is 716. The summed E-state index contributed by atoms with van der Waals surface area (Å²) in [6, 6.07) is 3.45. The van der Waals surface area contributed by atoms with Crippen molar-refractivity contribution >= 4 is 33.2 Å². The van der Waals surface area contributed by atoms with Gasteiger partial charge in [0.15, 0.2) is 0 Å². The fourth-order valence-electron chi connectivity index (χ4n) is 2.35. The molecule has 2 heterocycles. The molecule has 2 amide bonds. The summed E-state index contributed by atoms with van der Waals surface area (Å²) in [5.41, 5.74) is -1.10. The lowest BCUT2D eigenvalue weighted by molar-refractivity contribution is -0.127. The molecular weight excluding hydrogens is 366 g/mol. The summed E-state index contributed by atoms with van der Waals surface area (Å²) < 4.78 is 30.0. The van der Waals surface area contributed by atoms with Crippen molar-refractivity contribution < 1.29 is 22.7 Å². The summed E-state index contributed by atoms with van der Waals surface area (Å²) >= 11 is 1.30. The minimum Gasteiger partial charge on any atom is -0.374 e. The van der Waals surface area contributed by atoms with Gasteiger partial charge in [-0.1, -0.05) is 6.07 Å². The smallest absolute Gasteiger partial charge is 0.262 e. The van der Waals surface area contributed by atoms with Crippen LogP contribution in [0.3, 0.4) is 0 Å². The first-order valence-corrected chi connectivity index (χ1v) is 10.5. The van der Waals surface area contributed by atoms with Crippen LogP contribution in [-0.2, 0) is 19.6 Å². The van der Waals surface area contributed by atoms with Gasteiger partial charge in [0, 0.05) is 19.6 Å². The summed E-state index contributed by atoms with van der Waals surface area (Å²) in [5, 5.41) is 7.20. The van der Waals surface area contributed by atoms with Crippen molar-refractivity contribution in [2.75, 3.05) is 32.5 Å². The molecule has 0 saturated carbocycles. The SMILES string of the molecule is CC(C)(NC(=O)c1cccs1)C(=O)NCC1CN(S(C)(=O)=O)CCO1. The number of thiophene rings is 1. The number of nitrogens with one attached hydrogen (secondary N) is 2. The topological polar surface area (TPSA) is 105 Å². The average molecular weight is 389 g/mol. The van der Waals surface area contributed by atoms with Crippen LogP contribution < -0.4 is 10.6 Å². The van der Waals surface area contributed by atoms with Gasteiger partial charge in [-0.3, -0.25) is 9.59 Å². The zero-order valence-corrected chi connectivity index (χ0v) is 16.1. The fourth-order valence-corrected chi connectivity index (χ4v) is 3.82. The lowest BCUT2D eigenvalue weighted by Gasteiger charge is -2.32. The fraction of sp³-hybridized carbons (Fsp3) is 0.600. The summed E-state index contributed by atoms with van der Waals surface area (Å²) in [5.74, 6) is -0.676. The number of morpholine rings is 1. The van der Waals surface area contributed by atoms with Crippen LogP contribution in [0.4, 0.5) is 0 Å². The number of ether oxygens (including phenoxy) is 1. The largest absolute Gasteiger partial charge is 0.374 e. The number of nitrogens with zero attached hydrogens (tertiary/aromatic N) is 1. The van der Waals surface area contributed by atoms with Crippen molar-refractivity contribution in [3.05, 3.63) is 22.4 Å². The maximum Gasteiger partial charge on any atom is 0.262 e. The van der Waals surface area contributed by atoms with Gasteiger partial charge in [0.1, 0.15) is 5.54 Å². The van der Waals surface area contributed by atoms with Gasteiger partial charge >= 0.3 is 0 Å². The van der Waals surface area contributed by atoms with Crippen molar-refractivity contribution in [1.29, 1.82) is 0 Å². The molecule has 8 nitrogen and oxygen atoms in total. The number of carbonyl (C=O) groups is 2. The molecule has 1 atom stereocenters. The van der Waals surface area contributed by atoms with Gasteiger partial charge in [-0.05, 0) is 25.3 Å². The van der Waals surface area contributed by atoms with Crippen molar-refractivity contribution in [2.24, 2.45) is 0 Å². The quantitative estimate of drug-likeness (QED) is 0.714. The van der Waals surface area contributed by atoms with Gasteiger partial charge in [-0.15, -0.1) is 11.3 Å². The molecule has 1 aromatic heterocycles.